The second-order valence-corrected chi connectivity index (χ2v) is 6.36. The van der Waals surface area contributed by atoms with Gasteiger partial charge >= 0.3 is 0 Å². The van der Waals surface area contributed by atoms with Gasteiger partial charge in [-0.2, -0.15) is 4.37 Å². The van der Waals surface area contributed by atoms with E-state index in [1.807, 2.05) is 0 Å². The van der Waals surface area contributed by atoms with Gasteiger partial charge in [0.05, 0.1) is 0 Å². The Balaban J connectivity index is 1.85. The summed E-state index contributed by atoms with van der Waals surface area (Å²) in [6.07, 6.45) is 3.85. The summed E-state index contributed by atoms with van der Waals surface area (Å²) in [6, 6.07) is 0. The van der Waals surface area contributed by atoms with Crippen molar-refractivity contribution in [3.63, 3.8) is 0 Å². The van der Waals surface area contributed by atoms with Gasteiger partial charge in [-0.15, -0.1) is 0 Å². The summed E-state index contributed by atoms with van der Waals surface area (Å²) in [5.41, 5.74) is 5.78. The standard InChI is InChI=1S/C10H16N4OS2/c1-2-8-12-9(17-14-8)16-6-10(3-4-10)5-7(11)13-15/h15H,2-6H2,1H3,(H2,11,13). The molecule has 0 aromatic carbocycles. The highest BCUT2D eigenvalue weighted by Gasteiger charge is 2.43. The van der Waals surface area contributed by atoms with E-state index in [-0.39, 0.29) is 5.41 Å². The van der Waals surface area contributed by atoms with Crippen LogP contribution in [0.25, 0.3) is 0 Å². The quantitative estimate of drug-likeness (QED) is 0.272. The van der Waals surface area contributed by atoms with E-state index in [0.29, 0.717) is 12.3 Å². The Kier molecular flexibility index (Phi) is 3.88. The van der Waals surface area contributed by atoms with Gasteiger partial charge in [0.25, 0.3) is 0 Å². The van der Waals surface area contributed by atoms with Gasteiger partial charge in [0, 0.05) is 18.6 Å². The van der Waals surface area contributed by atoms with Crippen molar-refractivity contribution in [3.8, 4) is 0 Å². The molecule has 0 radical (unpaired) electrons. The van der Waals surface area contributed by atoms with Crippen molar-refractivity contribution < 1.29 is 5.21 Å². The molecule has 1 fully saturated rings. The number of rotatable bonds is 6. The maximum atomic E-state index is 8.58. The zero-order chi connectivity index (χ0) is 12.3. The smallest absolute Gasteiger partial charge is 0.170 e. The largest absolute Gasteiger partial charge is 0.409 e. The van der Waals surface area contributed by atoms with Gasteiger partial charge in [0.15, 0.2) is 4.34 Å². The first-order valence-electron chi connectivity index (χ1n) is 5.59. The highest BCUT2D eigenvalue weighted by atomic mass is 32.2. The van der Waals surface area contributed by atoms with Crippen molar-refractivity contribution in [2.75, 3.05) is 5.75 Å². The van der Waals surface area contributed by atoms with Crippen LogP contribution in [-0.4, -0.2) is 26.2 Å². The molecule has 1 aromatic rings. The van der Waals surface area contributed by atoms with E-state index in [1.165, 1.54) is 11.5 Å². The van der Waals surface area contributed by atoms with E-state index in [2.05, 4.69) is 21.4 Å². The third-order valence-electron chi connectivity index (χ3n) is 2.91. The Morgan fingerprint density at radius 1 is 1.65 bits per heavy atom. The molecule has 0 bridgehead atoms. The lowest BCUT2D eigenvalue weighted by molar-refractivity contribution is 0.315. The molecule has 1 aliphatic carbocycles. The molecule has 7 heteroatoms. The van der Waals surface area contributed by atoms with Gasteiger partial charge in [-0.1, -0.05) is 23.8 Å². The van der Waals surface area contributed by atoms with Crippen LogP contribution in [-0.2, 0) is 6.42 Å². The molecule has 0 saturated heterocycles. The normalized spacial score (nSPS) is 18.3. The van der Waals surface area contributed by atoms with Crippen LogP contribution in [0.3, 0.4) is 0 Å². The van der Waals surface area contributed by atoms with Crippen LogP contribution in [0, 0.1) is 5.41 Å². The van der Waals surface area contributed by atoms with E-state index in [9.17, 15) is 0 Å². The lowest BCUT2D eigenvalue weighted by Gasteiger charge is -2.11. The van der Waals surface area contributed by atoms with Crippen molar-refractivity contribution in [1.82, 2.24) is 9.36 Å². The summed E-state index contributed by atoms with van der Waals surface area (Å²) in [6.45, 7) is 2.05. The number of amidine groups is 1. The third-order valence-corrected chi connectivity index (χ3v) is 5.13. The van der Waals surface area contributed by atoms with Crippen LogP contribution in [0.15, 0.2) is 9.50 Å². The van der Waals surface area contributed by atoms with E-state index >= 15 is 0 Å². The highest BCUT2D eigenvalue weighted by Crippen LogP contribution is 2.52. The van der Waals surface area contributed by atoms with Crippen molar-refractivity contribution in [2.24, 2.45) is 16.3 Å². The van der Waals surface area contributed by atoms with Crippen molar-refractivity contribution >= 4 is 29.1 Å². The van der Waals surface area contributed by atoms with Crippen molar-refractivity contribution in [3.05, 3.63) is 5.82 Å². The minimum Gasteiger partial charge on any atom is -0.409 e. The number of oxime groups is 1. The molecule has 0 amide bonds. The van der Waals surface area contributed by atoms with Gasteiger partial charge in [0.2, 0.25) is 0 Å². The molecular weight excluding hydrogens is 256 g/mol. The van der Waals surface area contributed by atoms with Crippen LogP contribution in [0.2, 0.25) is 0 Å². The summed E-state index contributed by atoms with van der Waals surface area (Å²) in [7, 11) is 0. The summed E-state index contributed by atoms with van der Waals surface area (Å²) >= 11 is 3.19. The lowest BCUT2D eigenvalue weighted by atomic mass is 10.1. The van der Waals surface area contributed by atoms with E-state index in [0.717, 1.165) is 35.2 Å². The van der Waals surface area contributed by atoms with Gasteiger partial charge in [0.1, 0.15) is 11.7 Å². The molecule has 1 heterocycles. The third kappa shape index (κ3) is 3.32. The fourth-order valence-corrected chi connectivity index (χ4v) is 3.61. The minimum absolute atomic E-state index is 0.221. The van der Waals surface area contributed by atoms with Crippen LogP contribution in [0.5, 0.6) is 0 Å². The molecule has 0 atom stereocenters. The Hall–Kier alpha value is -0.820. The van der Waals surface area contributed by atoms with Crippen LogP contribution in [0.1, 0.15) is 32.0 Å². The Morgan fingerprint density at radius 3 is 2.94 bits per heavy atom. The molecule has 1 saturated carbocycles. The second-order valence-electron chi connectivity index (χ2n) is 4.39. The predicted molar refractivity (Wildman–Crippen MR) is 69.7 cm³/mol. The van der Waals surface area contributed by atoms with Gasteiger partial charge in [-0.3, -0.25) is 0 Å². The maximum absolute atomic E-state index is 8.58. The maximum Gasteiger partial charge on any atom is 0.170 e. The fraction of sp³-hybridized carbons (Fsp3) is 0.700. The lowest BCUT2D eigenvalue weighted by Crippen LogP contribution is -2.19. The number of thioether (sulfide) groups is 1. The first kappa shape index (κ1) is 12.6. The summed E-state index contributed by atoms with van der Waals surface area (Å²) in [5, 5.41) is 11.6. The van der Waals surface area contributed by atoms with E-state index in [4.69, 9.17) is 10.9 Å². The summed E-state index contributed by atoms with van der Waals surface area (Å²) in [4.78, 5) is 4.42. The Bertz CT molecular complexity index is 414. The first-order chi connectivity index (χ1) is 8.17. The number of hydrogen-bond donors (Lipinski definition) is 2. The van der Waals surface area contributed by atoms with Crippen molar-refractivity contribution in [2.45, 2.75) is 36.9 Å². The van der Waals surface area contributed by atoms with Gasteiger partial charge in [-0.25, -0.2) is 4.98 Å². The summed E-state index contributed by atoms with van der Waals surface area (Å²) in [5.74, 6) is 2.22. The Morgan fingerprint density at radius 2 is 2.41 bits per heavy atom. The molecule has 17 heavy (non-hydrogen) atoms. The fourth-order valence-electron chi connectivity index (χ4n) is 1.62. The average molecular weight is 272 g/mol. The SMILES string of the molecule is CCc1nsc(SCC2(CC(N)=NO)CC2)n1. The molecule has 0 spiro atoms. The number of aryl methyl sites for hydroxylation is 1. The molecule has 0 aliphatic heterocycles. The van der Waals surface area contributed by atoms with E-state index < -0.39 is 0 Å². The monoisotopic (exact) mass is 272 g/mol. The molecular formula is C10H16N4OS2. The average Bonchev–Trinajstić information content (AvgIpc) is 2.94. The van der Waals surface area contributed by atoms with Crippen LogP contribution < -0.4 is 5.73 Å². The highest BCUT2D eigenvalue weighted by molar-refractivity contribution is 8.00. The van der Waals surface area contributed by atoms with Crippen molar-refractivity contribution in [1.29, 1.82) is 0 Å². The molecule has 94 valence electrons. The summed E-state index contributed by atoms with van der Waals surface area (Å²) < 4.78 is 5.28. The molecule has 2 rings (SSSR count). The minimum atomic E-state index is 0.221. The number of nitrogens with zero attached hydrogens (tertiary/aromatic N) is 3. The molecule has 5 nitrogen and oxygen atoms in total. The second kappa shape index (κ2) is 5.22. The van der Waals surface area contributed by atoms with Crippen LogP contribution in [0.4, 0.5) is 0 Å². The topological polar surface area (TPSA) is 84.4 Å². The molecule has 1 aliphatic rings. The van der Waals surface area contributed by atoms with Gasteiger partial charge in [-0.05, 0) is 29.8 Å². The number of aromatic nitrogens is 2. The van der Waals surface area contributed by atoms with Crippen LogP contribution >= 0.6 is 23.3 Å². The zero-order valence-corrected chi connectivity index (χ0v) is 11.4. The number of nitrogens with two attached hydrogens (primary N) is 1. The van der Waals surface area contributed by atoms with E-state index in [1.54, 1.807) is 11.8 Å². The van der Waals surface area contributed by atoms with Gasteiger partial charge < -0.3 is 10.9 Å². The number of hydrogen-bond acceptors (Lipinski definition) is 6. The molecule has 3 N–H and O–H groups in total. The predicted octanol–water partition coefficient (Wildman–Crippen LogP) is 2.11. The first-order valence-corrected chi connectivity index (χ1v) is 7.35. The zero-order valence-electron chi connectivity index (χ0n) is 9.72. The molecule has 0 unspecified atom stereocenters. The molecule has 1 aromatic heterocycles. The Labute approximate surface area is 109 Å².